The topological polar surface area (TPSA) is 47.6 Å². The van der Waals surface area contributed by atoms with Gasteiger partial charge in [-0.3, -0.25) is 4.79 Å². The molecule has 1 aliphatic heterocycles. The molecular weight excluding hydrogens is 322 g/mol. The first kappa shape index (κ1) is 15.3. The molecule has 1 fully saturated rings. The molecule has 0 radical (unpaired) electrons. The fraction of sp³-hybridized carbons (Fsp3) is 0.533. The maximum atomic E-state index is 11.1. The van der Waals surface area contributed by atoms with Crippen molar-refractivity contribution in [3.8, 4) is 11.5 Å². The lowest BCUT2D eigenvalue weighted by molar-refractivity contribution is 0.112. The fourth-order valence-corrected chi connectivity index (χ4v) is 3.33. The number of rotatable bonds is 5. The van der Waals surface area contributed by atoms with Crippen molar-refractivity contribution >= 4 is 22.2 Å². The summed E-state index contributed by atoms with van der Waals surface area (Å²) in [4.78, 5) is 11.1. The van der Waals surface area contributed by atoms with Gasteiger partial charge in [-0.05, 0) is 44.3 Å². The molecule has 20 heavy (non-hydrogen) atoms. The van der Waals surface area contributed by atoms with Crippen LogP contribution >= 0.6 is 15.9 Å². The van der Waals surface area contributed by atoms with Crippen molar-refractivity contribution in [2.75, 3.05) is 27.3 Å². The van der Waals surface area contributed by atoms with E-state index in [1.54, 1.807) is 14.2 Å². The van der Waals surface area contributed by atoms with Crippen LogP contribution in [0.1, 0.15) is 28.8 Å². The molecule has 0 saturated carbocycles. The minimum atomic E-state index is 0.505. The number of aldehydes is 1. The normalized spacial score (nSPS) is 15.9. The summed E-state index contributed by atoms with van der Waals surface area (Å²) < 4.78 is 11.8. The second-order valence-electron chi connectivity index (χ2n) is 5.01. The van der Waals surface area contributed by atoms with Gasteiger partial charge in [-0.15, -0.1) is 0 Å². The molecule has 0 bridgehead atoms. The van der Waals surface area contributed by atoms with Crippen LogP contribution in [0.5, 0.6) is 11.5 Å². The first-order valence-corrected chi connectivity index (χ1v) is 7.59. The average molecular weight is 342 g/mol. The van der Waals surface area contributed by atoms with Crippen LogP contribution in [0.25, 0.3) is 0 Å². The van der Waals surface area contributed by atoms with Crippen molar-refractivity contribution in [3.63, 3.8) is 0 Å². The molecule has 1 N–H and O–H groups in total. The molecule has 5 heteroatoms. The van der Waals surface area contributed by atoms with E-state index in [0.29, 0.717) is 23.0 Å². The first-order chi connectivity index (χ1) is 9.71. The highest BCUT2D eigenvalue weighted by molar-refractivity contribution is 9.10. The van der Waals surface area contributed by atoms with E-state index in [9.17, 15) is 4.79 Å². The zero-order valence-corrected chi connectivity index (χ0v) is 13.5. The lowest BCUT2D eigenvalue weighted by Gasteiger charge is -2.24. The SMILES string of the molecule is COc1c(C=O)cc(Br)c(CC2CCNCC2)c1OC. The summed E-state index contributed by atoms with van der Waals surface area (Å²) in [6, 6.07) is 1.81. The Hall–Kier alpha value is -1.07. The largest absolute Gasteiger partial charge is 0.493 e. The molecular formula is C15H20BrNO3. The van der Waals surface area contributed by atoms with Crippen LogP contribution in [-0.2, 0) is 6.42 Å². The number of ether oxygens (including phenoxy) is 2. The molecule has 0 aliphatic carbocycles. The Morgan fingerprint density at radius 2 is 1.95 bits per heavy atom. The van der Waals surface area contributed by atoms with Crippen molar-refractivity contribution in [1.82, 2.24) is 5.32 Å². The van der Waals surface area contributed by atoms with Gasteiger partial charge in [-0.1, -0.05) is 15.9 Å². The Balaban J connectivity index is 2.37. The van der Waals surface area contributed by atoms with Crippen LogP contribution in [0, 0.1) is 5.92 Å². The van der Waals surface area contributed by atoms with Crippen LogP contribution < -0.4 is 14.8 Å². The van der Waals surface area contributed by atoms with Crippen molar-refractivity contribution in [1.29, 1.82) is 0 Å². The zero-order valence-electron chi connectivity index (χ0n) is 11.9. The maximum absolute atomic E-state index is 11.1. The number of piperidine rings is 1. The van der Waals surface area contributed by atoms with Crippen LogP contribution in [0.3, 0.4) is 0 Å². The summed E-state index contributed by atoms with van der Waals surface area (Å²) >= 11 is 3.56. The van der Waals surface area contributed by atoms with Crippen LogP contribution in [0.2, 0.25) is 0 Å². The second-order valence-corrected chi connectivity index (χ2v) is 5.86. The van der Waals surface area contributed by atoms with Crippen LogP contribution in [0.15, 0.2) is 10.5 Å². The lowest BCUT2D eigenvalue weighted by atomic mass is 9.90. The Labute approximate surface area is 128 Å². The van der Waals surface area contributed by atoms with Gasteiger partial charge < -0.3 is 14.8 Å². The molecule has 1 heterocycles. The summed E-state index contributed by atoms with van der Waals surface area (Å²) in [5, 5.41) is 3.37. The van der Waals surface area contributed by atoms with Gasteiger partial charge in [-0.25, -0.2) is 0 Å². The van der Waals surface area contributed by atoms with E-state index in [4.69, 9.17) is 9.47 Å². The van der Waals surface area contributed by atoms with Crippen molar-refractivity contribution < 1.29 is 14.3 Å². The number of nitrogens with one attached hydrogen (secondary N) is 1. The molecule has 0 spiro atoms. The number of halogens is 1. The Morgan fingerprint density at radius 3 is 2.50 bits per heavy atom. The third-order valence-electron chi connectivity index (χ3n) is 3.80. The van der Waals surface area contributed by atoms with E-state index in [-0.39, 0.29) is 0 Å². The summed E-state index contributed by atoms with van der Waals surface area (Å²) in [6.07, 6.45) is 4.04. The zero-order chi connectivity index (χ0) is 14.5. The van der Waals surface area contributed by atoms with Gasteiger partial charge in [0.1, 0.15) is 0 Å². The molecule has 2 rings (SSSR count). The Morgan fingerprint density at radius 1 is 1.30 bits per heavy atom. The molecule has 1 saturated heterocycles. The minimum Gasteiger partial charge on any atom is -0.493 e. The number of hydrogen-bond donors (Lipinski definition) is 1. The van der Waals surface area contributed by atoms with E-state index in [1.165, 1.54) is 0 Å². The predicted molar refractivity (Wildman–Crippen MR) is 81.9 cm³/mol. The molecule has 110 valence electrons. The maximum Gasteiger partial charge on any atom is 0.171 e. The predicted octanol–water partition coefficient (Wildman–Crippen LogP) is 2.82. The summed E-state index contributed by atoms with van der Waals surface area (Å²) in [7, 11) is 3.18. The van der Waals surface area contributed by atoms with Crippen molar-refractivity contribution in [2.45, 2.75) is 19.3 Å². The number of carbonyl (C=O) groups is 1. The molecule has 0 unspecified atom stereocenters. The van der Waals surface area contributed by atoms with Gasteiger partial charge in [-0.2, -0.15) is 0 Å². The van der Waals surface area contributed by atoms with Gasteiger partial charge in [0.05, 0.1) is 19.8 Å². The number of benzene rings is 1. The van der Waals surface area contributed by atoms with Gasteiger partial charge in [0.15, 0.2) is 17.8 Å². The second kappa shape index (κ2) is 7.09. The standard InChI is InChI=1S/C15H20BrNO3/c1-19-14-11(9-18)8-13(16)12(15(14)20-2)7-10-3-5-17-6-4-10/h8-10,17H,3-7H2,1-2H3. The molecule has 0 atom stereocenters. The Bertz CT molecular complexity index is 484. The van der Waals surface area contributed by atoms with Crippen molar-refractivity contribution in [2.24, 2.45) is 5.92 Å². The van der Waals surface area contributed by atoms with Crippen LogP contribution in [-0.4, -0.2) is 33.6 Å². The smallest absolute Gasteiger partial charge is 0.171 e. The third kappa shape index (κ3) is 3.15. The van der Waals surface area contributed by atoms with Gasteiger partial charge in [0.2, 0.25) is 0 Å². The monoisotopic (exact) mass is 341 g/mol. The molecule has 0 amide bonds. The van der Waals surface area contributed by atoms with Gasteiger partial charge in [0, 0.05) is 10.0 Å². The highest BCUT2D eigenvalue weighted by Gasteiger charge is 2.22. The first-order valence-electron chi connectivity index (χ1n) is 6.80. The molecule has 1 aromatic rings. The van der Waals surface area contributed by atoms with E-state index < -0.39 is 0 Å². The summed E-state index contributed by atoms with van der Waals surface area (Å²) in [6.45, 7) is 2.13. The van der Waals surface area contributed by atoms with Crippen molar-refractivity contribution in [3.05, 3.63) is 21.7 Å². The van der Waals surface area contributed by atoms with E-state index in [0.717, 1.165) is 48.7 Å². The average Bonchev–Trinajstić information content (AvgIpc) is 2.49. The van der Waals surface area contributed by atoms with Crippen LogP contribution in [0.4, 0.5) is 0 Å². The molecule has 1 aromatic carbocycles. The fourth-order valence-electron chi connectivity index (χ4n) is 2.74. The summed E-state index contributed by atoms with van der Waals surface area (Å²) in [5.41, 5.74) is 1.59. The lowest BCUT2D eigenvalue weighted by Crippen LogP contribution is -2.28. The van der Waals surface area contributed by atoms with Gasteiger partial charge >= 0.3 is 0 Å². The van der Waals surface area contributed by atoms with Gasteiger partial charge in [0.25, 0.3) is 0 Å². The molecule has 0 aromatic heterocycles. The highest BCUT2D eigenvalue weighted by atomic mass is 79.9. The molecule has 1 aliphatic rings. The third-order valence-corrected chi connectivity index (χ3v) is 4.51. The van der Waals surface area contributed by atoms with E-state index >= 15 is 0 Å². The summed E-state index contributed by atoms with van der Waals surface area (Å²) in [5.74, 6) is 1.82. The highest BCUT2D eigenvalue weighted by Crippen LogP contribution is 2.40. The van der Waals surface area contributed by atoms with E-state index in [1.807, 2.05) is 6.07 Å². The van der Waals surface area contributed by atoms with E-state index in [2.05, 4.69) is 21.2 Å². The number of hydrogen-bond acceptors (Lipinski definition) is 4. The Kier molecular flexibility index (Phi) is 5.43. The molecule has 4 nitrogen and oxygen atoms in total. The quantitative estimate of drug-likeness (QED) is 0.836. The minimum absolute atomic E-state index is 0.505. The number of carbonyl (C=O) groups excluding carboxylic acids is 1. The number of methoxy groups -OCH3 is 2.